The fourth-order valence-corrected chi connectivity index (χ4v) is 3.41. The zero-order valence-corrected chi connectivity index (χ0v) is 17.0. The molecule has 1 aliphatic heterocycles. The van der Waals surface area contributed by atoms with Crippen molar-refractivity contribution >= 4 is 5.91 Å². The molecule has 0 saturated heterocycles. The van der Waals surface area contributed by atoms with Gasteiger partial charge in [-0.2, -0.15) is 5.10 Å². The molecule has 0 bridgehead atoms. The fraction of sp³-hybridized carbons (Fsp3) is 0.304. The van der Waals surface area contributed by atoms with Gasteiger partial charge >= 0.3 is 0 Å². The van der Waals surface area contributed by atoms with E-state index in [1.165, 1.54) is 5.56 Å². The Kier molecular flexibility index (Phi) is 5.25. The molecule has 4 rings (SSSR count). The van der Waals surface area contributed by atoms with Gasteiger partial charge in [-0.1, -0.05) is 29.8 Å². The van der Waals surface area contributed by atoms with Crippen LogP contribution >= 0.6 is 0 Å². The van der Waals surface area contributed by atoms with Gasteiger partial charge < -0.3 is 14.4 Å². The minimum atomic E-state index is -0.0687. The molecule has 6 heteroatoms. The predicted molar refractivity (Wildman–Crippen MR) is 111 cm³/mol. The van der Waals surface area contributed by atoms with Crippen LogP contribution in [0.4, 0.5) is 0 Å². The molecule has 0 aliphatic carbocycles. The summed E-state index contributed by atoms with van der Waals surface area (Å²) in [6.07, 6.45) is 2.62. The lowest BCUT2D eigenvalue weighted by atomic mass is 10.1. The Labute approximate surface area is 170 Å². The average molecular weight is 391 g/mol. The number of hydrogen-bond acceptors (Lipinski definition) is 4. The van der Waals surface area contributed by atoms with Crippen molar-refractivity contribution in [1.29, 1.82) is 0 Å². The lowest BCUT2D eigenvalue weighted by Crippen LogP contribution is -2.26. The standard InChI is InChI=1S/C23H25N3O3/c1-16-5-7-17(8-6-16)14-25(2)23(27)19-15-26(3)24-22(19)18-9-10-20-21(13-18)29-12-4-11-28-20/h5-10,13,15H,4,11-12,14H2,1-3H3. The highest BCUT2D eigenvalue weighted by atomic mass is 16.5. The number of aryl methyl sites for hydroxylation is 2. The highest BCUT2D eigenvalue weighted by Crippen LogP contribution is 2.35. The second-order valence-electron chi connectivity index (χ2n) is 7.42. The van der Waals surface area contributed by atoms with Crippen molar-refractivity contribution in [2.24, 2.45) is 7.05 Å². The largest absolute Gasteiger partial charge is 0.490 e. The Hall–Kier alpha value is -3.28. The molecule has 6 nitrogen and oxygen atoms in total. The molecule has 0 atom stereocenters. The highest BCUT2D eigenvalue weighted by Gasteiger charge is 2.22. The van der Waals surface area contributed by atoms with Gasteiger partial charge in [-0.3, -0.25) is 9.48 Å². The second kappa shape index (κ2) is 7.99. The van der Waals surface area contributed by atoms with E-state index in [2.05, 4.69) is 24.2 Å². The number of aromatic nitrogens is 2. The van der Waals surface area contributed by atoms with Crippen molar-refractivity contribution in [3.63, 3.8) is 0 Å². The van der Waals surface area contributed by atoms with Gasteiger partial charge in [0, 0.05) is 38.8 Å². The molecule has 2 heterocycles. The Morgan fingerprint density at radius 3 is 2.59 bits per heavy atom. The number of nitrogens with zero attached hydrogens (tertiary/aromatic N) is 3. The fourth-order valence-electron chi connectivity index (χ4n) is 3.41. The molecule has 0 fully saturated rings. The molecule has 0 radical (unpaired) electrons. The number of rotatable bonds is 4. The minimum Gasteiger partial charge on any atom is -0.490 e. The van der Waals surface area contributed by atoms with Gasteiger partial charge in [0.2, 0.25) is 0 Å². The van der Waals surface area contributed by atoms with Gasteiger partial charge in [-0.15, -0.1) is 0 Å². The Bertz CT molecular complexity index is 1020. The molecule has 1 amide bonds. The van der Waals surface area contributed by atoms with Crippen LogP contribution in [-0.4, -0.2) is 40.8 Å². The van der Waals surface area contributed by atoms with Crippen LogP contribution in [0.25, 0.3) is 11.3 Å². The number of fused-ring (bicyclic) bond motifs is 1. The van der Waals surface area contributed by atoms with E-state index in [4.69, 9.17) is 9.47 Å². The van der Waals surface area contributed by atoms with Crippen LogP contribution in [0.3, 0.4) is 0 Å². The SMILES string of the molecule is Cc1ccc(CN(C)C(=O)c2cn(C)nc2-c2ccc3c(c2)OCCCO3)cc1. The van der Waals surface area contributed by atoms with Crippen LogP contribution in [0.2, 0.25) is 0 Å². The Morgan fingerprint density at radius 2 is 1.83 bits per heavy atom. The third-order valence-electron chi connectivity index (χ3n) is 4.97. The van der Waals surface area contributed by atoms with Crippen molar-refractivity contribution in [2.75, 3.05) is 20.3 Å². The number of ether oxygens (including phenoxy) is 2. The van der Waals surface area contributed by atoms with E-state index in [0.29, 0.717) is 36.8 Å². The summed E-state index contributed by atoms with van der Waals surface area (Å²) in [5, 5.41) is 4.55. The Morgan fingerprint density at radius 1 is 1.10 bits per heavy atom. The minimum absolute atomic E-state index is 0.0687. The van der Waals surface area contributed by atoms with Crippen molar-refractivity contribution in [2.45, 2.75) is 19.9 Å². The van der Waals surface area contributed by atoms with E-state index in [0.717, 1.165) is 23.3 Å². The van der Waals surface area contributed by atoms with Gasteiger partial charge in [-0.05, 0) is 30.7 Å². The monoisotopic (exact) mass is 391 g/mol. The van der Waals surface area contributed by atoms with Crippen molar-refractivity contribution in [3.8, 4) is 22.8 Å². The number of carbonyl (C=O) groups excluding carboxylic acids is 1. The van der Waals surface area contributed by atoms with Gasteiger partial charge in [0.1, 0.15) is 5.69 Å². The van der Waals surface area contributed by atoms with E-state index in [-0.39, 0.29) is 5.91 Å². The maximum Gasteiger partial charge on any atom is 0.257 e. The van der Waals surface area contributed by atoms with E-state index < -0.39 is 0 Å². The second-order valence-corrected chi connectivity index (χ2v) is 7.42. The van der Waals surface area contributed by atoms with Gasteiger partial charge in [-0.25, -0.2) is 0 Å². The summed E-state index contributed by atoms with van der Waals surface area (Å²) in [7, 11) is 3.64. The third-order valence-corrected chi connectivity index (χ3v) is 4.97. The summed E-state index contributed by atoms with van der Waals surface area (Å²) in [6.45, 7) is 3.84. The summed E-state index contributed by atoms with van der Waals surface area (Å²) < 4.78 is 13.2. The number of benzene rings is 2. The first-order valence-corrected chi connectivity index (χ1v) is 9.76. The molecule has 29 heavy (non-hydrogen) atoms. The van der Waals surface area contributed by atoms with Gasteiger partial charge in [0.05, 0.1) is 18.8 Å². The van der Waals surface area contributed by atoms with E-state index in [1.807, 2.05) is 44.4 Å². The molecule has 3 aromatic rings. The first-order chi connectivity index (χ1) is 14.0. The van der Waals surface area contributed by atoms with Crippen molar-refractivity contribution in [1.82, 2.24) is 14.7 Å². The Balaban J connectivity index is 1.61. The molecule has 1 aromatic heterocycles. The van der Waals surface area contributed by atoms with Crippen LogP contribution in [0.1, 0.15) is 27.9 Å². The van der Waals surface area contributed by atoms with Crippen LogP contribution in [0.5, 0.6) is 11.5 Å². The number of carbonyl (C=O) groups is 1. The molecule has 0 spiro atoms. The number of amides is 1. The van der Waals surface area contributed by atoms with Crippen molar-refractivity contribution in [3.05, 3.63) is 65.4 Å². The summed E-state index contributed by atoms with van der Waals surface area (Å²) in [6, 6.07) is 13.9. The predicted octanol–water partition coefficient (Wildman–Crippen LogP) is 3.83. The van der Waals surface area contributed by atoms with Crippen LogP contribution in [-0.2, 0) is 13.6 Å². The molecule has 0 N–H and O–H groups in total. The summed E-state index contributed by atoms with van der Waals surface area (Å²) in [4.78, 5) is 14.9. The molecule has 150 valence electrons. The molecule has 0 saturated carbocycles. The summed E-state index contributed by atoms with van der Waals surface area (Å²) >= 11 is 0. The van der Waals surface area contributed by atoms with E-state index in [9.17, 15) is 4.79 Å². The zero-order valence-electron chi connectivity index (χ0n) is 17.0. The third kappa shape index (κ3) is 4.11. The maximum atomic E-state index is 13.2. The van der Waals surface area contributed by atoms with Crippen LogP contribution in [0, 0.1) is 6.92 Å². The summed E-state index contributed by atoms with van der Waals surface area (Å²) in [5.74, 6) is 1.35. The van der Waals surface area contributed by atoms with Gasteiger partial charge in [0.25, 0.3) is 5.91 Å². The molecule has 2 aromatic carbocycles. The topological polar surface area (TPSA) is 56.6 Å². The van der Waals surface area contributed by atoms with E-state index >= 15 is 0 Å². The average Bonchev–Trinajstić information content (AvgIpc) is 2.95. The highest BCUT2D eigenvalue weighted by molar-refractivity contribution is 5.99. The van der Waals surface area contributed by atoms with Gasteiger partial charge in [0.15, 0.2) is 11.5 Å². The smallest absolute Gasteiger partial charge is 0.257 e. The lowest BCUT2D eigenvalue weighted by Gasteiger charge is -2.17. The van der Waals surface area contributed by atoms with Crippen LogP contribution in [0.15, 0.2) is 48.7 Å². The number of hydrogen-bond donors (Lipinski definition) is 0. The quantitative estimate of drug-likeness (QED) is 0.678. The normalized spacial score (nSPS) is 13.1. The molecular formula is C23H25N3O3. The maximum absolute atomic E-state index is 13.2. The zero-order chi connectivity index (χ0) is 20.4. The van der Waals surface area contributed by atoms with Crippen molar-refractivity contribution < 1.29 is 14.3 Å². The first-order valence-electron chi connectivity index (χ1n) is 9.76. The summed E-state index contributed by atoms with van der Waals surface area (Å²) in [5.41, 5.74) is 4.33. The molecular weight excluding hydrogens is 366 g/mol. The molecule has 0 unspecified atom stereocenters. The van der Waals surface area contributed by atoms with Crippen LogP contribution < -0.4 is 9.47 Å². The first kappa shape index (κ1) is 19.1. The van der Waals surface area contributed by atoms with E-state index in [1.54, 1.807) is 15.8 Å². The lowest BCUT2D eigenvalue weighted by molar-refractivity contribution is 0.0785. The molecule has 1 aliphatic rings.